The average Bonchev–Trinajstić information content (AvgIpc) is 2.79. The van der Waals surface area contributed by atoms with Crippen molar-refractivity contribution >= 4 is 11.6 Å². The van der Waals surface area contributed by atoms with Crippen molar-refractivity contribution in [1.82, 2.24) is 9.55 Å². The summed E-state index contributed by atoms with van der Waals surface area (Å²) in [5.74, 6) is 0.215. The van der Waals surface area contributed by atoms with Gasteiger partial charge in [-0.25, -0.2) is 4.79 Å². The van der Waals surface area contributed by atoms with Crippen LogP contribution in [0.4, 0.5) is 0 Å². The van der Waals surface area contributed by atoms with Crippen LogP contribution in [0.1, 0.15) is 63.4 Å². The molecule has 1 aromatic rings. The summed E-state index contributed by atoms with van der Waals surface area (Å²) in [7, 11) is 0. The third kappa shape index (κ3) is 1.97. The van der Waals surface area contributed by atoms with Gasteiger partial charge >= 0.3 is 5.69 Å². The molecular weight excluding hydrogens is 264 g/mol. The third-order valence-electron chi connectivity index (χ3n) is 4.82. The van der Waals surface area contributed by atoms with Crippen LogP contribution in [0, 0.1) is 0 Å². The molecule has 2 saturated carbocycles. The molecule has 0 atom stereocenters. The molecule has 104 valence electrons. The molecule has 0 saturated heterocycles. The van der Waals surface area contributed by atoms with E-state index < -0.39 is 0 Å². The summed E-state index contributed by atoms with van der Waals surface area (Å²) < 4.78 is 1.41. The van der Waals surface area contributed by atoms with Crippen molar-refractivity contribution in [3.05, 3.63) is 31.6 Å². The standard InChI is InChI=1S/C14H19ClN2O2/c1-14(7-4-8-14)17-12(18)10(9-5-2-3-6-9)11(15)16-13(17)19/h9H,2-8H2,1H3,(H,16,19). The van der Waals surface area contributed by atoms with Gasteiger partial charge in [-0.2, -0.15) is 0 Å². The Bertz CT molecular complexity index is 607. The van der Waals surface area contributed by atoms with E-state index in [1.807, 2.05) is 6.92 Å². The summed E-state index contributed by atoms with van der Waals surface area (Å²) in [5, 5.41) is 0.251. The molecule has 0 spiro atoms. The van der Waals surface area contributed by atoms with Crippen LogP contribution in [0.3, 0.4) is 0 Å². The van der Waals surface area contributed by atoms with Gasteiger partial charge in [-0.05, 0) is 44.9 Å². The smallest absolute Gasteiger partial charge is 0.297 e. The molecule has 0 radical (unpaired) electrons. The summed E-state index contributed by atoms with van der Waals surface area (Å²) in [6.45, 7) is 1.99. The van der Waals surface area contributed by atoms with Crippen molar-refractivity contribution in [2.75, 3.05) is 0 Å². The molecule has 2 aliphatic rings. The lowest BCUT2D eigenvalue weighted by atomic mass is 9.78. The lowest BCUT2D eigenvalue weighted by Crippen LogP contribution is -2.52. The van der Waals surface area contributed by atoms with Crippen LogP contribution in [-0.4, -0.2) is 9.55 Å². The molecule has 0 aromatic carbocycles. The highest BCUT2D eigenvalue weighted by Gasteiger charge is 2.38. The third-order valence-corrected chi connectivity index (χ3v) is 5.12. The molecule has 0 amide bonds. The van der Waals surface area contributed by atoms with Gasteiger partial charge in [-0.1, -0.05) is 24.4 Å². The summed E-state index contributed by atoms with van der Waals surface area (Å²) in [6.07, 6.45) is 7.12. The summed E-state index contributed by atoms with van der Waals surface area (Å²) in [5.41, 5.74) is -0.212. The van der Waals surface area contributed by atoms with Crippen molar-refractivity contribution in [2.24, 2.45) is 0 Å². The zero-order chi connectivity index (χ0) is 13.6. The quantitative estimate of drug-likeness (QED) is 0.848. The fourth-order valence-corrected chi connectivity index (χ4v) is 3.81. The minimum absolute atomic E-state index is 0.164. The topological polar surface area (TPSA) is 54.9 Å². The van der Waals surface area contributed by atoms with Gasteiger partial charge in [0.05, 0.1) is 5.56 Å². The maximum Gasteiger partial charge on any atom is 0.330 e. The first kappa shape index (κ1) is 13.0. The largest absolute Gasteiger partial charge is 0.330 e. The second-order valence-corrected chi connectivity index (χ2v) is 6.51. The lowest BCUT2D eigenvalue weighted by molar-refractivity contribution is 0.155. The van der Waals surface area contributed by atoms with Gasteiger partial charge in [0.15, 0.2) is 0 Å². The molecule has 2 fully saturated rings. The number of nitrogens with one attached hydrogen (secondary N) is 1. The van der Waals surface area contributed by atoms with Crippen LogP contribution in [-0.2, 0) is 5.54 Å². The van der Waals surface area contributed by atoms with E-state index >= 15 is 0 Å². The predicted octanol–water partition coefficient (Wildman–Crippen LogP) is 2.75. The Morgan fingerprint density at radius 1 is 1.21 bits per heavy atom. The van der Waals surface area contributed by atoms with Gasteiger partial charge in [0.25, 0.3) is 5.56 Å². The van der Waals surface area contributed by atoms with E-state index in [9.17, 15) is 9.59 Å². The molecule has 1 N–H and O–H groups in total. The molecule has 5 heteroatoms. The van der Waals surface area contributed by atoms with Crippen LogP contribution in [0.15, 0.2) is 9.59 Å². The van der Waals surface area contributed by atoms with E-state index in [-0.39, 0.29) is 27.9 Å². The van der Waals surface area contributed by atoms with Gasteiger partial charge < -0.3 is 0 Å². The zero-order valence-electron chi connectivity index (χ0n) is 11.2. The van der Waals surface area contributed by atoms with E-state index in [0.29, 0.717) is 5.56 Å². The molecule has 4 nitrogen and oxygen atoms in total. The highest BCUT2D eigenvalue weighted by atomic mass is 35.5. The normalized spacial score (nSPS) is 22.4. The van der Waals surface area contributed by atoms with Crippen LogP contribution in [0.5, 0.6) is 0 Å². The van der Waals surface area contributed by atoms with Crippen LogP contribution < -0.4 is 11.2 Å². The number of hydrogen-bond donors (Lipinski definition) is 1. The molecule has 3 rings (SSSR count). The maximum absolute atomic E-state index is 12.7. The number of aromatic amines is 1. The van der Waals surface area contributed by atoms with Gasteiger partial charge in [0.1, 0.15) is 5.15 Å². The Labute approximate surface area is 116 Å². The number of hydrogen-bond acceptors (Lipinski definition) is 2. The zero-order valence-corrected chi connectivity index (χ0v) is 11.9. The fourth-order valence-electron chi connectivity index (χ4n) is 3.49. The molecule has 0 aliphatic heterocycles. The average molecular weight is 283 g/mol. The Hall–Kier alpha value is -1.03. The molecule has 19 heavy (non-hydrogen) atoms. The van der Waals surface area contributed by atoms with Crippen molar-refractivity contribution in [2.45, 2.75) is 63.3 Å². The number of halogens is 1. The second-order valence-electron chi connectivity index (χ2n) is 6.13. The van der Waals surface area contributed by atoms with Crippen molar-refractivity contribution in [3.8, 4) is 0 Å². The summed E-state index contributed by atoms with van der Waals surface area (Å²) in [6, 6.07) is 0. The number of nitrogens with zero attached hydrogens (tertiary/aromatic N) is 1. The van der Waals surface area contributed by atoms with Gasteiger partial charge in [-0.15, -0.1) is 0 Å². The number of aromatic nitrogens is 2. The summed E-state index contributed by atoms with van der Waals surface area (Å²) >= 11 is 6.13. The maximum atomic E-state index is 12.7. The molecule has 0 unspecified atom stereocenters. The number of rotatable bonds is 2. The van der Waals surface area contributed by atoms with Crippen molar-refractivity contribution < 1.29 is 0 Å². The van der Waals surface area contributed by atoms with Crippen LogP contribution >= 0.6 is 11.6 Å². The van der Waals surface area contributed by atoms with E-state index in [1.165, 1.54) is 4.57 Å². The highest BCUT2D eigenvalue weighted by molar-refractivity contribution is 6.30. The van der Waals surface area contributed by atoms with Crippen molar-refractivity contribution in [3.63, 3.8) is 0 Å². The Morgan fingerprint density at radius 3 is 2.37 bits per heavy atom. The van der Waals surface area contributed by atoms with E-state index in [2.05, 4.69) is 4.98 Å². The predicted molar refractivity (Wildman–Crippen MR) is 75.0 cm³/mol. The molecule has 1 aromatic heterocycles. The van der Waals surface area contributed by atoms with Crippen LogP contribution in [0.25, 0.3) is 0 Å². The Morgan fingerprint density at radius 2 is 1.84 bits per heavy atom. The molecular formula is C14H19ClN2O2. The summed E-state index contributed by atoms with van der Waals surface area (Å²) in [4.78, 5) is 27.5. The lowest BCUT2D eigenvalue weighted by Gasteiger charge is -2.39. The van der Waals surface area contributed by atoms with Crippen molar-refractivity contribution in [1.29, 1.82) is 0 Å². The first-order chi connectivity index (χ1) is 9.03. The molecule has 0 bridgehead atoms. The second kappa shape index (κ2) is 4.51. The fraction of sp³-hybridized carbons (Fsp3) is 0.714. The van der Waals surface area contributed by atoms with Gasteiger partial charge in [-0.3, -0.25) is 14.3 Å². The number of H-pyrrole nitrogens is 1. The van der Waals surface area contributed by atoms with Gasteiger partial charge in [0, 0.05) is 5.54 Å². The first-order valence-electron chi connectivity index (χ1n) is 7.08. The monoisotopic (exact) mass is 282 g/mol. The van der Waals surface area contributed by atoms with Gasteiger partial charge in [0.2, 0.25) is 0 Å². The molecule has 2 aliphatic carbocycles. The first-order valence-corrected chi connectivity index (χ1v) is 7.46. The SMILES string of the molecule is CC1(n2c(=O)[nH]c(Cl)c(C3CCCC3)c2=O)CCC1. The van der Waals surface area contributed by atoms with E-state index in [4.69, 9.17) is 11.6 Å². The minimum atomic E-state index is -0.362. The minimum Gasteiger partial charge on any atom is -0.297 e. The highest BCUT2D eigenvalue weighted by Crippen LogP contribution is 2.38. The Balaban J connectivity index is 2.18. The van der Waals surface area contributed by atoms with E-state index in [1.54, 1.807) is 0 Å². The van der Waals surface area contributed by atoms with Crippen LogP contribution in [0.2, 0.25) is 5.15 Å². The molecule has 1 heterocycles. The van der Waals surface area contributed by atoms with E-state index in [0.717, 1.165) is 44.9 Å². The Kier molecular flexibility index (Phi) is 3.08.